The minimum atomic E-state index is -0.214. The van der Waals surface area contributed by atoms with Crippen LogP contribution >= 0.6 is 11.3 Å². The van der Waals surface area contributed by atoms with E-state index in [2.05, 4.69) is 13.8 Å². The van der Waals surface area contributed by atoms with E-state index in [1.807, 2.05) is 29.6 Å². The summed E-state index contributed by atoms with van der Waals surface area (Å²) >= 11 is 1.66. The molecule has 3 heteroatoms. The number of benzene rings is 1. The van der Waals surface area contributed by atoms with E-state index in [4.69, 9.17) is 5.73 Å². The minimum absolute atomic E-state index is 0.0760. The fourth-order valence-electron chi connectivity index (χ4n) is 1.88. The van der Waals surface area contributed by atoms with Gasteiger partial charge in [-0.05, 0) is 29.1 Å². The first-order valence-corrected chi connectivity index (χ1v) is 6.45. The molecule has 0 saturated carbocycles. The van der Waals surface area contributed by atoms with Gasteiger partial charge in [-0.2, -0.15) is 0 Å². The van der Waals surface area contributed by atoms with Gasteiger partial charge in [0.05, 0.1) is 0 Å². The summed E-state index contributed by atoms with van der Waals surface area (Å²) in [6.45, 7) is 4.18. The molecule has 1 heterocycles. The van der Waals surface area contributed by atoms with Crippen molar-refractivity contribution in [3.8, 4) is 0 Å². The Bertz CT molecular complexity index is 473. The first-order chi connectivity index (χ1) is 8.01. The second-order valence-corrected chi connectivity index (χ2v) is 5.70. The summed E-state index contributed by atoms with van der Waals surface area (Å²) in [5.41, 5.74) is 7.15. The van der Waals surface area contributed by atoms with Gasteiger partial charge in [-0.1, -0.05) is 32.0 Å². The Labute approximate surface area is 105 Å². The average Bonchev–Trinajstić information content (AvgIpc) is 2.82. The Balaban J connectivity index is 2.32. The molecule has 1 unspecified atom stereocenters. The van der Waals surface area contributed by atoms with E-state index in [0.29, 0.717) is 0 Å². The maximum atomic E-state index is 12.9. The summed E-state index contributed by atoms with van der Waals surface area (Å²) in [5, 5.41) is 2.02. The van der Waals surface area contributed by atoms with E-state index in [9.17, 15) is 4.39 Å². The monoisotopic (exact) mass is 249 g/mol. The number of hydrogen-bond acceptors (Lipinski definition) is 2. The van der Waals surface area contributed by atoms with Crippen LogP contribution in [-0.4, -0.2) is 0 Å². The third-order valence-electron chi connectivity index (χ3n) is 3.22. The third-order valence-corrected chi connectivity index (χ3v) is 4.17. The van der Waals surface area contributed by atoms with Crippen molar-refractivity contribution >= 4 is 11.3 Å². The van der Waals surface area contributed by atoms with Crippen molar-refractivity contribution in [2.75, 3.05) is 0 Å². The zero-order valence-corrected chi connectivity index (χ0v) is 10.8. The zero-order valence-electron chi connectivity index (χ0n) is 9.98. The SMILES string of the molecule is CC(C)(c1ccc(F)cc1)C(N)c1cccs1. The molecule has 17 heavy (non-hydrogen) atoms. The van der Waals surface area contributed by atoms with Crippen LogP contribution in [0, 0.1) is 5.82 Å². The van der Waals surface area contributed by atoms with Crippen LogP contribution in [0.3, 0.4) is 0 Å². The molecule has 2 aromatic rings. The van der Waals surface area contributed by atoms with Crippen LogP contribution in [0.5, 0.6) is 0 Å². The standard InChI is InChI=1S/C14H16FNS/c1-14(2,10-5-7-11(15)8-6-10)13(16)12-4-3-9-17-12/h3-9,13H,16H2,1-2H3. The summed E-state index contributed by atoms with van der Waals surface area (Å²) in [4.78, 5) is 1.15. The first-order valence-electron chi connectivity index (χ1n) is 5.57. The normalized spacial score (nSPS) is 13.6. The van der Waals surface area contributed by atoms with Crippen molar-refractivity contribution in [2.24, 2.45) is 5.73 Å². The molecule has 0 aliphatic carbocycles. The minimum Gasteiger partial charge on any atom is -0.323 e. The average molecular weight is 249 g/mol. The number of halogens is 1. The Morgan fingerprint density at radius 2 is 1.82 bits per heavy atom. The quantitative estimate of drug-likeness (QED) is 0.878. The third kappa shape index (κ3) is 2.40. The maximum Gasteiger partial charge on any atom is 0.123 e. The molecule has 0 bridgehead atoms. The summed E-state index contributed by atoms with van der Waals surface area (Å²) in [7, 11) is 0. The van der Waals surface area contributed by atoms with Crippen molar-refractivity contribution in [2.45, 2.75) is 25.3 Å². The lowest BCUT2D eigenvalue weighted by atomic mass is 9.77. The number of hydrogen-bond donors (Lipinski definition) is 1. The lowest BCUT2D eigenvalue weighted by Crippen LogP contribution is -2.32. The van der Waals surface area contributed by atoms with Crippen molar-refractivity contribution in [3.05, 3.63) is 58.0 Å². The highest BCUT2D eigenvalue weighted by molar-refractivity contribution is 7.10. The van der Waals surface area contributed by atoms with Crippen molar-refractivity contribution in [3.63, 3.8) is 0 Å². The van der Waals surface area contributed by atoms with Gasteiger partial charge in [-0.25, -0.2) is 4.39 Å². The van der Waals surface area contributed by atoms with Crippen molar-refractivity contribution < 1.29 is 4.39 Å². The van der Waals surface area contributed by atoms with E-state index in [1.54, 1.807) is 11.3 Å². The van der Waals surface area contributed by atoms with Crippen LogP contribution in [0.2, 0.25) is 0 Å². The van der Waals surface area contributed by atoms with Crippen LogP contribution < -0.4 is 5.73 Å². The highest BCUT2D eigenvalue weighted by Gasteiger charge is 2.30. The summed E-state index contributed by atoms with van der Waals surface area (Å²) in [6.07, 6.45) is 0. The van der Waals surface area contributed by atoms with Crippen LogP contribution in [-0.2, 0) is 5.41 Å². The zero-order chi connectivity index (χ0) is 12.5. The molecular formula is C14H16FNS. The second kappa shape index (κ2) is 4.59. The summed E-state index contributed by atoms with van der Waals surface area (Å²) in [6, 6.07) is 10.6. The predicted molar refractivity (Wildman–Crippen MR) is 70.7 cm³/mol. The van der Waals surface area contributed by atoms with E-state index in [-0.39, 0.29) is 17.3 Å². The van der Waals surface area contributed by atoms with Crippen LogP contribution in [0.15, 0.2) is 41.8 Å². The molecule has 1 atom stereocenters. The van der Waals surface area contributed by atoms with Gasteiger partial charge in [0.15, 0.2) is 0 Å². The lowest BCUT2D eigenvalue weighted by Gasteiger charge is -2.31. The van der Waals surface area contributed by atoms with Crippen LogP contribution in [0.4, 0.5) is 4.39 Å². The maximum absolute atomic E-state index is 12.9. The Hall–Kier alpha value is -1.19. The molecule has 0 spiro atoms. The van der Waals surface area contributed by atoms with Crippen molar-refractivity contribution in [1.29, 1.82) is 0 Å². The predicted octanol–water partition coefficient (Wildman–Crippen LogP) is 3.86. The lowest BCUT2D eigenvalue weighted by molar-refractivity contribution is 0.425. The fourth-order valence-corrected chi connectivity index (χ4v) is 2.80. The van der Waals surface area contributed by atoms with E-state index < -0.39 is 0 Å². The summed E-state index contributed by atoms with van der Waals surface area (Å²) < 4.78 is 12.9. The van der Waals surface area contributed by atoms with Gasteiger partial charge in [0, 0.05) is 16.3 Å². The molecule has 0 fully saturated rings. The van der Waals surface area contributed by atoms with Gasteiger partial charge >= 0.3 is 0 Å². The molecule has 1 aromatic heterocycles. The van der Waals surface area contributed by atoms with Crippen LogP contribution in [0.1, 0.15) is 30.3 Å². The van der Waals surface area contributed by atoms with Gasteiger partial charge in [-0.15, -0.1) is 11.3 Å². The second-order valence-electron chi connectivity index (χ2n) is 4.72. The van der Waals surface area contributed by atoms with Gasteiger partial charge in [-0.3, -0.25) is 0 Å². The highest BCUT2D eigenvalue weighted by atomic mass is 32.1. The molecule has 1 aromatic carbocycles. The fraction of sp³-hybridized carbons (Fsp3) is 0.286. The number of rotatable bonds is 3. The highest BCUT2D eigenvalue weighted by Crippen LogP contribution is 2.36. The topological polar surface area (TPSA) is 26.0 Å². The van der Waals surface area contributed by atoms with Crippen LogP contribution in [0.25, 0.3) is 0 Å². The van der Waals surface area contributed by atoms with E-state index in [0.717, 1.165) is 10.4 Å². The molecule has 0 radical (unpaired) electrons. The number of thiophene rings is 1. The molecule has 90 valence electrons. The molecule has 0 aliphatic heterocycles. The Kier molecular flexibility index (Phi) is 3.31. The summed E-state index contributed by atoms with van der Waals surface area (Å²) in [5.74, 6) is -0.214. The van der Waals surface area contributed by atoms with Gasteiger partial charge < -0.3 is 5.73 Å². The Morgan fingerprint density at radius 1 is 1.18 bits per heavy atom. The molecule has 0 amide bonds. The van der Waals surface area contributed by atoms with Gasteiger partial charge in [0.25, 0.3) is 0 Å². The molecule has 0 aliphatic rings. The molecule has 0 saturated heterocycles. The van der Waals surface area contributed by atoms with Crippen molar-refractivity contribution in [1.82, 2.24) is 0 Å². The Morgan fingerprint density at radius 3 is 2.35 bits per heavy atom. The smallest absolute Gasteiger partial charge is 0.123 e. The number of nitrogens with two attached hydrogens (primary N) is 1. The van der Waals surface area contributed by atoms with Gasteiger partial charge in [0.2, 0.25) is 0 Å². The first kappa shape index (κ1) is 12.3. The molecule has 2 rings (SSSR count). The molecular weight excluding hydrogens is 233 g/mol. The van der Waals surface area contributed by atoms with E-state index >= 15 is 0 Å². The van der Waals surface area contributed by atoms with Gasteiger partial charge in [0.1, 0.15) is 5.82 Å². The molecule has 2 N–H and O–H groups in total. The largest absolute Gasteiger partial charge is 0.323 e. The van der Waals surface area contributed by atoms with E-state index in [1.165, 1.54) is 12.1 Å². The molecule has 1 nitrogen and oxygen atoms in total.